The number of aromatic nitrogens is 1. The Kier molecular flexibility index (Phi) is 6.11. The summed E-state index contributed by atoms with van der Waals surface area (Å²) in [7, 11) is 0. The van der Waals surface area contributed by atoms with Crippen molar-refractivity contribution in [3.63, 3.8) is 0 Å². The molecule has 1 amide bonds. The Bertz CT molecular complexity index is 955. The van der Waals surface area contributed by atoms with Gasteiger partial charge in [0.05, 0.1) is 32.1 Å². The van der Waals surface area contributed by atoms with Crippen LogP contribution >= 0.6 is 50.2 Å². The lowest BCUT2D eigenvalue weighted by atomic mass is 10.3. The van der Waals surface area contributed by atoms with Gasteiger partial charge in [0, 0.05) is 31.2 Å². The van der Waals surface area contributed by atoms with Crippen LogP contribution in [0.5, 0.6) is 0 Å². The first-order chi connectivity index (χ1) is 13.1. The van der Waals surface area contributed by atoms with E-state index < -0.39 is 0 Å². The van der Waals surface area contributed by atoms with Crippen molar-refractivity contribution in [3.8, 4) is 0 Å². The van der Waals surface area contributed by atoms with Crippen molar-refractivity contribution in [2.75, 3.05) is 44.3 Å². The number of carbonyl (C=O) groups is 1. The molecule has 0 radical (unpaired) electrons. The van der Waals surface area contributed by atoms with Gasteiger partial charge in [0.25, 0.3) is 5.91 Å². The molecule has 4 rings (SSSR count). The van der Waals surface area contributed by atoms with Gasteiger partial charge < -0.3 is 4.74 Å². The number of hydrogen-bond donors (Lipinski definition) is 0. The summed E-state index contributed by atoms with van der Waals surface area (Å²) in [5, 5.41) is 1.38. The van der Waals surface area contributed by atoms with E-state index in [-0.39, 0.29) is 5.91 Å². The van der Waals surface area contributed by atoms with Crippen LogP contribution in [0, 0.1) is 0 Å². The molecule has 1 aromatic carbocycles. The van der Waals surface area contributed by atoms with Crippen LogP contribution in [-0.4, -0.2) is 55.2 Å². The second-order valence-corrected chi connectivity index (χ2v) is 10.0. The molecule has 0 unspecified atom stereocenters. The van der Waals surface area contributed by atoms with Crippen molar-refractivity contribution in [1.82, 2.24) is 9.88 Å². The van der Waals surface area contributed by atoms with Crippen LogP contribution in [-0.2, 0) is 4.74 Å². The van der Waals surface area contributed by atoms with E-state index in [1.54, 1.807) is 4.90 Å². The van der Waals surface area contributed by atoms with E-state index in [0.29, 0.717) is 21.6 Å². The number of rotatable bonds is 5. The zero-order valence-electron chi connectivity index (χ0n) is 14.4. The fraction of sp³-hybridized carbons (Fsp3) is 0.333. The number of hydrogen-bond acceptors (Lipinski definition) is 6. The molecule has 1 aliphatic heterocycles. The van der Waals surface area contributed by atoms with Crippen molar-refractivity contribution in [2.45, 2.75) is 0 Å². The third-order valence-electron chi connectivity index (χ3n) is 4.34. The molecule has 9 heteroatoms. The molecule has 0 atom stereocenters. The average molecular weight is 487 g/mol. The van der Waals surface area contributed by atoms with Gasteiger partial charge in [-0.2, -0.15) is 0 Å². The minimum atomic E-state index is -0.0240. The molecule has 5 nitrogen and oxygen atoms in total. The fourth-order valence-corrected chi connectivity index (χ4v) is 5.52. The number of thiazole rings is 1. The number of morpholine rings is 1. The van der Waals surface area contributed by atoms with Gasteiger partial charge >= 0.3 is 0 Å². The zero-order chi connectivity index (χ0) is 18.8. The van der Waals surface area contributed by atoms with E-state index >= 15 is 0 Å². The van der Waals surface area contributed by atoms with Crippen molar-refractivity contribution < 1.29 is 9.53 Å². The van der Waals surface area contributed by atoms with Crippen LogP contribution in [0.3, 0.4) is 0 Å². The maximum absolute atomic E-state index is 13.2. The van der Waals surface area contributed by atoms with Crippen LogP contribution in [0.2, 0.25) is 5.02 Å². The largest absolute Gasteiger partial charge is 0.379 e. The molecule has 0 aliphatic carbocycles. The standard InChI is InChI=1S/C18H17BrClN3O2S2/c19-16-4-3-14(26-16)17(24)23(6-5-22-7-9-25-10-8-22)18-21-13-2-1-12(20)11-15(13)27-18/h1-4,11H,5-10H2. The molecular weight excluding hydrogens is 470 g/mol. The minimum absolute atomic E-state index is 0.0240. The number of anilines is 1. The van der Waals surface area contributed by atoms with Gasteiger partial charge in [-0.1, -0.05) is 22.9 Å². The summed E-state index contributed by atoms with van der Waals surface area (Å²) in [4.78, 5) is 22.7. The summed E-state index contributed by atoms with van der Waals surface area (Å²) in [6.07, 6.45) is 0. The molecule has 1 saturated heterocycles. The normalized spacial score (nSPS) is 15.3. The number of amides is 1. The van der Waals surface area contributed by atoms with Gasteiger partial charge in [-0.3, -0.25) is 14.6 Å². The van der Waals surface area contributed by atoms with E-state index in [1.165, 1.54) is 22.7 Å². The van der Waals surface area contributed by atoms with Gasteiger partial charge in [-0.15, -0.1) is 11.3 Å². The Labute approximate surface area is 178 Å². The second kappa shape index (κ2) is 8.55. The van der Waals surface area contributed by atoms with E-state index in [0.717, 1.165) is 46.9 Å². The predicted octanol–water partition coefficient (Wildman–Crippen LogP) is 4.75. The zero-order valence-corrected chi connectivity index (χ0v) is 18.3. The van der Waals surface area contributed by atoms with E-state index in [9.17, 15) is 4.79 Å². The van der Waals surface area contributed by atoms with Crippen LogP contribution in [0.25, 0.3) is 10.2 Å². The number of benzene rings is 1. The number of halogens is 2. The van der Waals surface area contributed by atoms with Gasteiger partial charge in [0.2, 0.25) is 0 Å². The lowest BCUT2D eigenvalue weighted by Crippen LogP contribution is -2.43. The quantitative estimate of drug-likeness (QED) is 0.522. The fourth-order valence-electron chi connectivity index (χ4n) is 2.91. The number of nitrogens with zero attached hydrogens (tertiary/aromatic N) is 3. The highest BCUT2D eigenvalue weighted by Crippen LogP contribution is 2.32. The van der Waals surface area contributed by atoms with Gasteiger partial charge in [0.1, 0.15) is 0 Å². The molecule has 0 saturated carbocycles. The molecular formula is C18H17BrClN3O2S2. The maximum Gasteiger partial charge on any atom is 0.270 e. The van der Waals surface area contributed by atoms with E-state index in [2.05, 4.69) is 25.8 Å². The van der Waals surface area contributed by atoms with Crippen LogP contribution in [0.4, 0.5) is 5.13 Å². The molecule has 0 N–H and O–H groups in total. The summed E-state index contributed by atoms with van der Waals surface area (Å²) < 4.78 is 7.33. The second-order valence-electron chi connectivity index (χ2n) is 6.12. The SMILES string of the molecule is O=C(c1ccc(Br)s1)N(CCN1CCOCC1)c1nc2ccc(Cl)cc2s1. The highest BCUT2D eigenvalue weighted by molar-refractivity contribution is 9.11. The molecule has 3 heterocycles. The summed E-state index contributed by atoms with van der Waals surface area (Å²) in [6.45, 7) is 4.64. The first kappa shape index (κ1) is 19.3. The molecule has 1 aliphatic rings. The summed E-state index contributed by atoms with van der Waals surface area (Å²) in [5.41, 5.74) is 0.857. The maximum atomic E-state index is 13.2. The van der Waals surface area contributed by atoms with Crippen molar-refractivity contribution >= 4 is 71.5 Å². The highest BCUT2D eigenvalue weighted by atomic mass is 79.9. The topological polar surface area (TPSA) is 45.7 Å². The first-order valence-corrected chi connectivity index (χ1v) is 11.3. The third kappa shape index (κ3) is 4.52. The Morgan fingerprint density at radius 3 is 2.81 bits per heavy atom. The third-order valence-corrected chi connectivity index (χ3v) is 7.23. The minimum Gasteiger partial charge on any atom is -0.379 e. The molecule has 142 valence electrons. The lowest BCUT2D eigenvalue weighted by molar-refractivity contribution is 0.0391. The lowest BCUT2D eigenvalue weighted by Gasteiger charge is -2.29. The number of carbonyl (C=O) groups excluding carboxylic acids is 1. The van der Waals surface area contributed by atoms with E-state index in [1.807, 2.05) is 30.3 Å². The Morgan fingerprint density at radius 2 is 2.07 bits per heavy atom. The predicted molar refractivity (Wildman–Crippen MR) is 116 cm³/mol. The van der Waals surface area contributed by atoms with Crippen molar-refractivity contribution in [2.24, 2.45) is 0 Å². The van der Waals surface area contributed by atoms with Crippen LogP contribution in [0.1, 0.15) is 9.67 Å². The number of thiophene rings is 1. The molecule has 0 spiro atoms. The molecule has 3 aromatic rings. The molecule has 27 heavy (non-hydrogen) atoms. The Hall–Kier alpha value is -1.03. The van der Waals surface area contributed by atoms with Crippen molar-refractivity contribution in [1.29, 1.82) is 0 Å². The number of ether oxygens (including phenoxy) is 1. The van der Waals surface area contributed by atoms with Gasteiger partial charge in [0.15, 0.2) is 5.13 Å². The average Bonchev–Trinajstić information content (AvgIpc) is 3.28. The Balaban J connectivity index is 1.62. The molecule has 1 fully saturated rings. The summed E-state index contributed by atoms with van der Waals surface area (Å²) in [5.74, 6) is -0.0240. The molecule has 0 bridgehead atoms. The van der Waals surface area contributed by atoms with Gasteiger partial charge in [-0.05, 0) is 46.3 Å². The highest BCUT2D eigenvalue weighted by Gasteiger charge is 2.24. The number of fused-ring (bicyclic) bond motifs is 1. The Morgan fingerprint density at radius 1 is 1.26 bits per heavy atom. The van der Waals surface area contributed by atoms with E-state index in [4.69, 9.17) is 16.3 Å². The summed E-state index contributed by atoms with van der Waals surface area (Å²) in [6, 6.07) is 9.36. The van der Waals surface area contributed by atoms with Crippen molar-refractivity contribution in [3.05, 3.63) is 44.0 Å². The van der Waals surface area contributed by atoms with Crippen LogP contribution < -0.4 is 4.90 Å². The summed E-state index contributed by atoms with van der Waals surface area (Å²) >= 11 is 12.5. The molecule has 2 aromatic heterocycles. The van der Waals surface area contributed by atoms with Crippen LogP contribution in [0.15, 0.2) is 34.1 Å². The first-order valence-electron chi connectivity index (χ1n) is 8.53. The smallest absolute Gasteiger partial charge is 0.270 e. The van der Waals surface area contributed by atoms with Gasteiger partial charge in [-0.25, -0.2) is 4.98 Å². The monoisotopic (exact) mass is 485 g/mol.